The molecule has 0 aliphatic carbocycles. The molecule has 0 saturated carbocycles. The Morgan fingerprint density at radius 2 is 2.12 bits per heavy atom. The van der Waals surface area contributed by atoms with Crippen LogP contribution < -0.4 is 10.6 Å². The van der Waals surface area contributed by atoms with Gasteiger partial charge in [-0.05, 0) is 0 Å². The summed E-state index contributed by atoms with van der Waals surface area (Å²) in [5, 5.41) is 0. The predicted octanol–water partition coefficient (Wildman–Crippen LogP) is -2.24. The fraction of sp³-hybridized carbons (Fsp3) is 0.500. The molecule has 4 N–H and O–H groups in total. The number of nitrogens with two attached hydrogens (primary N) is 1. The van der Waals surface area contributed by atoms with Gasteiger partial charge in [-0.2, -0.15) is 4.73 Å². The van der Waals surface area contributed by atoms with Crippen LogP contribution in [0.5, 0.6) is 0 Å². The van der Waals surface area contributed by atoms with Crippen LogP contribution in [-0.4, -0.2) is 114 Å². The van der Waals surface area contributed by atoms with E-state index >= 15 is 0 Å². The fourth-order valence-electron chi connectivity index (χ4n) is 1.98. The first-order valence-corrected chi connectivity index (χ1v) is 8.10. The zero-order chi connectivity index (χ0) is 15.7. The Morgan fingerprint density at radius 1 is 1.38 bits per heavy atom. The number of nitrogen functional groups attached to an aromatic ring is 1. The molecule has 0 aromatic carbocycles. The third kappa shape index (κ3) is 5.61. The summed E-state index contributed by atoms with van der Waals surface area (Å²) in [6.45, 7) is 0.164. The van der Waals surface area contributed by atoms with E-state index in [2.05, 4.69) is 15.0 Å². The van der Waals surface area contributed by atoms with Gasteiger partial charge in [0.1, 0.15) is 19.0 Å². The van der Waals surface area contributed by atoms with E-state index in [4.69, 9.17) is 29.8 Å². The standard InChI is InChI=1S/C10H14N5O6P.2Na.2H/c11-9-8-10(13-3-12-8)14-4-15(9)21-7-1-6(2-19-7)20-5-22(16,17)18;;;;/h3-4,6-7H,1-2,5,11H2,(H2,16,17,18);;;;/t6-,7?;;;;/m0..../s1. The summed E-state index contributed by atoms with van der Waals surface area (Å²) < 4.78 is 22.4. The first kappa shape index (κ1) is 22.3. The Morgan fingerprint density at radius 3 is 2.83 bits per heavy atom. The van der Waals surface area contributed by atoms with Gasteiger partial charge in [-0.25, -0.2) is 15.0 Å². The van der Waals surface area contributed by atoms with Gasteiger partial charge in [-0.15, -0.1) is 0 Å². The van der Waals surface area contributed by atoms with E-state index in [9.17, 15) is 4.57 Å². The molecule has 2 atom stereocenters. The molecule has 0 aromatic heterocycles. The van der Waals surface area contributed by atoms with Crippen molar-refractivity contribution >= 4 is 72.5 Å². The molecule has 3 aliphatic heterocycles. The Labute approximate surface area is 181 Å². The molecule has 0 spiro atoms. The number of aromatic nitrogens is 4. The van der Waals surface area contributed by atoms with Gasteiger partial charge >= 0.3 is 66.7 Å². The summed E-state index contributed by atoms with van der Waals surface area (Å²) >= 11 is 0. The van der Waals surface area contributed by atoms with Gasteiger partial charge in [0, 0.05) is 6.42 Å². The Bertz CT molecular complexity index is 684. The van der Waals surface area contributed by atoms with Crippen molar-refractivity contribution in [3.05, 3.63) is 12.7 Å². The molecular weight excluding hydrogens is 363 g/mol. The van der Waals surface area contributed by atoms with Crippen molar-refractivity contribution in [3.8, 4) is 11.5 Å². The van der Waals surface area contributed by atoms with Crippen LogP contribution in [0.15, 0.2) is 12.7 Å². The fourth-order valence-corrected chi connectivity index (χ4v) is 2.38. The number of hydrogen-bond donors (Lipinski definition) is 3. The van der Waals surface area contributed by atoms with Crippen LogP contribution in [0, 0.1) is 0 Å². The molecule has 24 heavy (non-hydrogen) atoms. The summed E-state index contributed by atoms with van der Waals surface area (Å²) in [4.78, 5) is 35.0. The number of ether oxygens (including phenoxy) is 2. The van der Waals surface area contributed by atoms with Crippen molar-refractivity contribution in [1.29, 1.82) is 0 Å². The molecule has 3 aliphatic rings. The van der Waals surface area contributed by atoms with Gasteiger partial charge in [0.2, 0.25) is 6.29 Å². The number of fused-ring (bicyclic) bond motifs is 1. The third-order valence-corrected chi connectivity index (χ3v) is 3.46. The van der Waals surface area contributed by atoms with Gasteiger partial charge in [-0.1, -0.05) is 0 Å². The van der Waals surface area contributed by atoms with Crippen molar-refractivity contribution in [2.75, 3.05) is 18.7 Å². The zero-order valence-corrected chi connectivity index (χ0v) is 12.2. The second kappa shape index (κ2) is 9.24. The predicted molar refractivity (Wildman–Crippen MR) is 85.9 cm³/mol. The third-order valence-electron chi connectivity index (χ3n) is 2.98. The molecule has 11 nitrogen and oxygen atoms in total. The van der Waals surface area contributed by atoms with Crippen molar-refractivity contribution in [3.63, 3.8) is 0 Å². The quantitative estimate of drug-likeness (QED) is 0.383. The first-order chi connectivity index (χ1) is 10.4. The number of rotatable bonds is 5. The molecule has 3 rings (SSSR count). The number of nitrogens with zero attached hydrogens (tertiary/aromatic N) is 4. The maximum absolute atomic E-state index is 10.8. The van der Waals surface area contributed by atoms with Crippen molar-refractivity contribution in [2.24, 2.45) is 0 Å². The van der Waals surface area contributed by atoms with Crippen molar-refractivity contribution in [1.82, 2.24) is 19.7 Å². The minimum absolute atomic E-state index is 0. The topological polar surface area (TPSA) is 155 Å². The average Bonchev–Trinajstić information content (AvgIpc) is 3.08. The molecule has 14 heteroatoms. The van der Waals surface area contributed by atoms with Gasteiger partial charge in [0.25, 0.3) is 0 Å². The molecule has 0 radical (unpaired) electrons. The molecule has 1 saturated heterocycles. The van der Waals surface area contributed by atoms with E-state index in [1.165, 1.54) is 17.4 Å². The summed E-state index contributed by atoms with van der Waals surface area (Å²) in [5.41, 5.74) is 6.31. The molecule has 124 valence electrons. The van der Waals surface area contributed by atoms with Crippen LogP contribution in [0.1, 0.15) is 6.42 Å². The first-order valence-electron chi connectivity index (χ1n) is 6.31. The number of imidazole rings is 1. The van der Waals surface area contributed by atoms with Crippen LogP contribution in [0.3, 0.4) is 0 Å². The summed E-state index contributed by atoms with van der Waals surface area (Å²) in [7, 11) is -4.20. The second-order valence-corrected chi connectivity index (χ2v) is 6.28. The van der Waals surface area contributed by atoms with Crippen LogP contribution in [-0.2, 0) is 14.0 Å². The average molecular weight is 379 g/mol. The van der Waals surface area contributed by atoms with E-state index in [0.29, 0.717) is 17.9 Å². The Kier molecular flexibility index (Phi) is 8.57. The van der Waals surface area contributed by atoms with Crippen molar-refractivity contribution in [2.45, 2.75) is 18.8 Å². The minimum atomic E-state index is -4.20. The molecule has 1 unspecified atom stereocenters. The van der Waals surface area contributed by atoms with Crippen LogP contribution in [0.25, 0.3) is 11.5 Å². The van der Waals surface area contributed by atoms with E-state index in [-0.39, 0.29) is 71.5 Å². The van der Waals surface area contributed by atoms with E-state index in [0.717, 1.165) is 0 Å². The van der Waals surface area contributed by atoms with Crippen LogP contribution in [0.4, 0.5) is 5.82 Å². The van der Waals surface area contributed by atoms with Gasteiger partial charge < -0.3 is 29.8 Å². The summed E-state index contributed by atoms with van der Waals surface area (Å²) in [5.74, 6) is 0.637. The molecule has 0 aromatic rings. The SMILES string of the molecule is Nc1c2ncnc-2ncn1OC1C[C@H](OCP(=O)(O)O)CO1.[NaH].[NaH]. The molecule has 1 fully saturated rings. The van der Waals surface area contributed by atoms with E-state index in [1.807, 2.05) is 0 Å². The van der Waals surface area contributed by atoms with Crippen LogP contribution in [0.2, 0.25) is 0 Å². The number of hydrogen-bond acceptors (Lipinski definition) is 8. The molecule has 0 amide bonds. The molecular formula is C10H16N5Na2O6P. The van der Waals surface area contributed by atoms with E-state index < -0.39 is 26.3 Å². The second-order valence-electron chi connectivity index (χ2n) is 4.69. The monoisotopic (exact) mass is 379 g/mol. The summed E-state index contributed by atoms with van der Waals surface area (Å²) in [6.07, 6.45) is 1.21. The zero-order valence-electron chi connectivity index (χ0n) is 11.3. The van der Waals surface area contributed by atoms with Crippen molar-refractivity contribution < 1.29 is 28.7 Å². The number of anilines is 1. The molecule has 3 heterocycles. The maximum atomic E-state index is 10.8. The molecule has 0 bridgehead atoms. The van der Waals surface area contributed by atoms with E-state index in [1.54, 1.807) is 0 Å². The van der Waals surface area contributed by atoms with Gasteiger partial charge in [0.15, 0.2) is 17.3 Å². The Balaban J connectivity index is 0.00000144. The normalized spacial score (nSPS) is 20.4. The Hall–Kier alpha value is 0.220. The van der Waals surface area contributed by atoms with Gasteiger partial charge in [0.05, 0.1) is 12.7 Å². The summed E-state index contributed by atoms with van der Waals surface area (Å²) in [6, 6.07) is 0. The van der Waals surface area contributed by atoms with Gasteiger partial charge in [-0.3, -0.25) is 4.57 Å². The van der Waals surface area contributed by atoms with Crippen LogP contribution >= 0.6 is 7.60 Å².